The van der Waals surface area contributed by atoms with E-state index in [4.69, 9.17) is 16.3 Å². The Balaban J connectivity index is 1.38. The second-order valence-corrected chi connectivity index (χ2v) is 9.49. The van der Waals surface area contributed by atoms with Crippen LogP contribution in [0.4, 0.5) is 14.5 Å². The molecule has 12 heteroatoms. The van der Waals surface area contributed by atoms with E-state index in [0.717, 1.165) is 6.07 Å². The molecular formula is C28H22ClF2N5O4. The first-order valence-electron chi connectivity index (χ1n) is 12.1. The summed E-state index contributed by atoms with van der Waals surface area (Å²) in [5.41, 5.74) is 1.19. The number of anilines is 1. The Labute approximate surface area is 231 Å². The molecule has 5 aromatic rings. The van der Waals surface area contributed by atoms with Gasteiger partial charge in [-0.15, -0.1) is 0 Å². The topological polar surface area (TPSA) is 116 Å². The van der Waals surface area contributed by atoms with E-state index in [-0.39, 0.29) is 46.3 Å². The van der Waals surface area contributed by atoms with Crippen LogP contribution < -0.4 is 14.8 Å². The van der Waals surface area contributed by atoms with Gasteiger partial charge >= 0.3 is 5.91 Å². The predicted octanol–water partition coefficient (Wildman–Crippen LogP) is 5.34. The number of rotatable bonds is 8. The Morgan fingerprint density at radius 3 is 2.65 bits per heavy atom. The van der Waals surface area contributed by atoms with Crippen molar-refractivity contribution in [1.29, 1.82) is 0 Å². The molecule has 3 aromatic heterocycles. The van der Waals surface area contributed by atoms with Crippen LogP contribution in [-0.4, -0.2) is 32.2 Å². The van der Waals surface area contributed by atoms with Crippen LogP contribution >= 0.6 is 11.6 Å². The second kappa shape index (κ2) is 11.2. The van der Waals surface area contributed by atoms with Crippen LogP contribution in [0, 0.1) is 22.8 Å². The Hall–Kier alpha value is -4.61. The van der Waals surface area contributed by atoms with E-state index in [9.17, 15) is 19.5 Å². The normalized spacial score (nSPS) is 11.9. The first kappa shape index (κ1) is 27.0. The number of carbonyl (C=O) groups excluding carboxylic acids is 1. The van der Waals surface area contributed by atoms with Gasteiger partial charge in [-0.25, -0.2) is 13.8 Å². The minimum Gasteiger partial charge on any atom is -0.618 e. The highest BCUT2D eigenvalue weighted by Gasteiger charge is 2.24. The van der Waals surface area contributed by atoms with Gasteiger partial charge < -0.3 is 24.9 Å². The quantitative estimate of drug-likeness (QED) is 0.194. The maximum absolute atomic E-state index is 15.1. The van der Waals surface area contributed by atoms with E-state index in [1.54, 1.807) is 12.3 Å². The largest absolute Gasteiger partial charge is 0.618 e. The zero-order valence-corrected chi connectivity index (χ0v) is 21.8. The van der Waals surface area contributed by atoms with Crippen molar-refractivity contribution >= 4 is 34.2 Å². The van der Waals surface area contributed by atoms with Crippen LogP contribution in [0.1, 0.15) is 17.4 Å². The van der Waals surface area contributed by atoms with Gasteiger partial charge in [0.2, 0.25) is 11.6 Å². The van der Waals surface area contributed by atoms with Crippen LogP contribution in [0.2, 0.25) is 5.02 Å². The molecule has 3 heterocycles. The number of hydrogen-bond acceptors (Lipinski definition) is 6. The Bertz CT molecular complexity index is 1710. The van der Waals surface area contributed by atoms with Crippen molar-refractivity contribution in [2.75, 3.05) is 11.9 Å². The molecule has 40 heavy (non-hydrogen) atoms. The number of fused-ring (bicyclic) bond motifs is 1. The number of aromatic nitrogens is 4. The van der Waals surface area contributed by atoms with Crippen LogP contribution in [0.25, 0.3) is 22.3 Å². The van der Waals surface area contributed by atoms with Crippen molar-refractivity contribution < 1.29 is 28.1 Å². The first-order valence-corrected chi connectivity index (χ1v) is 12.5. The molecule has 0 bridgehead atoms. The highest BCUT2D eigenvalue weighted by atomic mass is 35.5. The maximum atomic E-state index is 15.1. The fraction of sp³-hybridized carbons (Fsp3) is 0.143. The van der Waals surface area contributed by atoms with Crippen LogP contribution in [-0.2, 0) is 6.54 Å². The fourth-order valence-electron chi connectivity index (χ4n) is 4.13. The number of aliphatic hydroxyl groups is 1. The zero-order chi connectivity index (χ0) is 28.4. The van der Waals surface area contributed by atoms with E-state index in [1.807, 2.05) is 11.5 Å². The summed E-state index contributed by atoms with van der Waals surface area (Å²) in [6.45, 7) is 2.34. The summed E-state index contributed by atoms with van der Waals surface area (Å²) in [6, 6.07) is 13.2. The van der Waals surface area contributed by atoms with E-state index in [2.05, 4.69) is 15.3 Å². The average Bonchev–Trinajstić information content (AvgIpc) is 3.34. The number of pyridine rings is 1. The minimum atomic E-state index is -0.809. The van der Waals surface area contributed by atoms with Crippen molar-refractivity contribution in [1.82, 2.24) is 14.5 Å². The molecule has 0 radical (unpaired) electrons. The molecule has 0 saturated carbocycles. The third-order valence-corrected chi connectivity index (χ3v) is 6.42. The number of hydrogen-bond donors (Lipinski definition) is 2. The molecule has 0 aliphatic rings. The lowest BCUT2D eigenvalue weighted by Gasteiger charge is -2.13. The van der Waals surface area contributed by atoms with Gasteiger partial charge in [0.1, 0.15) is 22.7 Å². The van der Waals surface area contributed by atoms with Gasteiger partial charge in [-0.1, -0.05) is 18.5 Å². The number of ether oxygens (including phenoxy) is 1. The van der Waals surface area contributed by atoms with Crippen LogP contribution in [0.3, 0.4) is 0 Å². The molecule has 0 spiro atoms. The Kier molecular flexibility index (Phi) is 7.58. The number of amides is 1. The van der Waals surface area contributed by atoms with E-state index >= 15 is 4.39 Å². The van der Waals surface area contributed by atoms with Gasteiger partial charge in [0.05, 0.1) is 5.52 Å². The minimum absolute atomic E-state index is 0.0126. The number of nitrogens with zero attached hydrogens (tertiary/aromatic N) is 4. The highest BCUT2D eigenvalue weighted by molar-refractivity contribution is 6.32. The number of nitrogens with one attached hydrogen (secondary N) is 1. The van der Waals surface area contributed by atoms with Gasteiger partial charge in [-0.05, 0) is 54.4 Å². The summed E-state index contributed by atoms with van der Waals surface area (Å²) in [6.07, 6.45) is 3.09. The summed E-state index contributed by atoms with van der Waals surface area (Å²) in [5.74, 6) is -2.15. The molecule has 2 aromatic carbocycles. The van der Waals surface area contributed by atoms with Gasteiger partial charge in [0.15, 0.2) is 11.6 Å². The highest BCUT2D eigenvalue weighted by Crippen LogP contribution is 2.31. The molecule has 0 saturated heterocycles. The second-order valence-electron chi connectivity index (χ2n) is 9.09. The predicted molar refractivity (Wildman–Crippen MR) is 144 cm³/mol. The van der Waals surface area contributed by atoms with Gasteiger partial charge in [-0.3, -0.25) is 4.79 Å². The van der Waals surface area contributed by atoms with E-state index in [0.29, 0.717) is 27.9 Å². The third-order valence-electron chi connectivity index (χ3n) is 6.12. The van der Waals surface area contributed by atoms with Crippen molar-refractivity contribution in [2.45, 2.75) is 13.5 Å². The number of carbonyl (C=O) groups is 1. The summed E-state index contributed by atoms with van der Waals surface area (Å²) in [7, 11) is 0. The third kappa shape index (κ3) is 5.42. The number of halogens is 3. The number of benzene rings is 2. The van der Waals surface area contributed by atoms with Crippen molar-refractivity contribution in [3.8, 4) is 22.9 Å². The summed E-state index contributed by atoms with van der Waals surface area (Å²) >= 11 is 6.18. The van der Waals surface area contributed by atoms with Crippen LogP contribution in [0.5, 0.6) is 11.6 Å². The van der Waals surface area contributed by atoms with Crippen molar-refractivity contribution in [2.24, 2.45) is 5.92 Å². The fourth-order valence-corrected chi connectivity index (χ4v) is 4.38. The number of aliphatic hydroxyl groups excluding tert-OH is 1. The van der Waals surface area contributed by atoms with E-state index < -0.39 is 17.5 Å². The standard InChI is InChI=1S/C28H22ClF2N5O4/c1-16(14-37)13-35-11-10-22-26(35)28(33-15-32-22)40-24-9-6-19(12-21(24)31)34-27(38)23-8-7-20(29)25(36(23)39)17-2-4-18(30)5-3-17/h2-12,15-16,37H,13-14H2,1H3,(H,34,38)/t16-/m1/s1. The molecule has 1 amide bonds. The SMILES string of the molecule is C[C@@H](CO)Cn1ccc2ncnc(Oc3ccc(NC(=O)c4ccc(Cl)c(-c5ccc(F)cc5)[n+]4[O-])cc3F)c21. The lowest BCUT2D eigenvalue weighted by molar-refractivity contribution is -0.595. The molecule has 5 rings (SSSR count). The van der Waals surface area contributed by atoms with E-state index in [1.165, 1.54) is 54.9 Å². The monoisotopic (exact) mass is 565 g/mol. The van der Waals surface area contributed by atoms with Crippen molar-refractivity contribution in [3.63, 3.8) is 0 Å². The Morgan fingerprint density at radius 1 is 1.15 bits per heavy atom. The van der Waals surface area contributed by atoms with Crippen LogP contribution in [0.15, 0.2) is 73.2 Å². The average molecular weight is 566 g/mol. The molecule has 2 N–H and O–H groups in total. The molecule has 0 aliphatic carbocycles. The van der Waals surface area contributed by atoms with Crippen molar-refractivity contribution in [3.05, 3.63) is 101 Å². The summed E-state index contributed by atoms with van der Waals surface area (Å²) in [4.78, 5) is 21.3. The van der Waals surface area contributed by atoms with Gasteiger partial charge in [0, 0.05) is 42.7 Å². The zero-order valence-electron chi connectivity index (χ0n) is 21.0. The van der Waals surface area contributed by atoms with Gasteiger partial charge in [0.25, 0.3) is 5.69 Å². The molecule has 9 nitrogen and oxygen atoms in total. The smallest absolute Gasteiger partial charge is 0.321 e. The maximum Gasteiger partial charge on any atom is 0.321 e. The molecular weight excluding hydrogens is 544 g/mol. The molecule has 1 atom stereocenters. The lowest BCUT2D eigenvalue weighted by atomic mass is 10.1. The lowest BCUT2D eigenvalue weighted by Crippen LogP contribution is -2.39. The summed E-state index contributed by atoms with van der Waals surface area (Å²) in [5, 5.41) is 25.0. The summed E-state index contributed by atoms with van der Waals surface area (Å²) < 4.78 is 36.3. The molecule has 204 valence electrons. The molecule has 0 unspecified atom stereocenters. The van der Waals surface area contributed by atoms with Gasteiger partial charge in [-0.2, -0.15) is 9.71 Å². The molecule has 0 aliphatic heterocycles. The first-order chi connectivity index (χ1) is 19.2. The Morgan fingerprint density at radius 2 is 1.93 bits per heavy atom. The molecule has 0 fully saturated rings.